The molecule has 0 saturated heterocycles. The van der Waals surface area contributed by atoms with Gasteiger partial charge in [0.1, 0.15) is 9.84 Å². The van der Waals surface area contributed by atoms with Gasteiger partial charge in [0, 0.05) is 11.8 Å². The van der Waals surface area contributed by atoms with E-state index in [0.717, 1.165) is 38.6 Å². The van der Waals surface area contributed by atoms with Crippen LogP contribution < -0.4 is 5.32 Å². The molecule has 0 spiro atoms. The molecule has 4 heteroatoms. The van der Waals surface area contributed by atoms with Crippen LogP contribution in [0.15, 0.2) is 0 Å². The molecule has 0 amide bonds. The van der Waals surface area contributed by atoms with Crippen molar-refractivity contribution in [2.45, 2.75) is 58.9 Å². The summed E-state index contributed by atoms with van der Waals surface area (Å²) in [5, 5.41) is 3.41. The zero-order chi connectivity index (χ0) is 12.4. The molecule has 0 aromatic carbocycles. The van der Waals surface area contributed by atoms with Crippen LogP contribution in [0.25, 0.3) is 0 Å². The summed E-state index contributed by atoms with van der Waals surface area (Å²) in [6.07, 6.45) is 4.76. The minimum Gasteiger partial charge on any atom is -0.314 e. The lowest BCUT2D eigenvalue weighted by molar-refractivity contribution is 0.464. The molecule has 98 valence electrons. The number of rotatable bonds is 10. The van der Waals surface area contributed by atoms with Crippen LogP contribution in [-0.2, 0) is 9.84 Å². The Morgan fingerprint density at radius 1 is 1.06 bits per heavy atom. The maximum absolute atomic E-state index is 11.5. The number of hydrogen-bond acceptors (Lipinski definition) is 3. The van der Waals surface area contributed by atoms with E-state index in [1.807, 2.05) is 6.92 Å². The molecule has 0 saturated carbocycles. The Labute approximate surface area is 101 Å². The van der Waals surface area contributed by atoms with E-state index >= 15 is 0 Å². The van der Waals surface area contributed by atoms with Crippen molar-refractivity contribution in [3.05, 3.63) is 0 Å². The Hall–Kier alpha value is -0.0900. The molecular weight excluding hydrogens is 222 g/mol. The van der Waals surface area contributed by atoms with Crippen LogP contribution in [0.3, 0.4) is 0 Å². The Morgan fingerprint density at radius 2 is 1.75 bits per heavy atom. The van der Waals surface area contributed by atoms with Crippen molar-refractivity contribution in [1.82, 2.24) is 5.32 Å². The maximum atomic E-state index is 11.5. The van der Waals surface area contributed by atoms with Crippen molar-refractivity contribution < 1.29 is 8.42 Å². The van der Waals surface area contributed by atoms with Crippen LogP contribution in [0.1, 0.15) is 52.9 Å². The van der Waals surface area contributed by atoms with Crippen LogP contribution in [0, 0.1) is 0 Å². The second-order valence-electron chi connectivity index (χ2n) is 4.31. The molecular formula is C12H27NO2S. The van der Waals surface area contributed by atoms with Gasteiger partial charge in [-0.25, -0.2) is 8.42 Å². The van der Waals surface area contributed by atoms with Crippen LogP contribution in [0.5, 0.6) is 0 Å². The van der Waals surface area contributed by atoms with Gasteiger partial charge in [-0.15, -0.1) is 0 Å². The third-order valence-electron chi connectivity index (χ3n) is 2.76. The van der Waals surface area contributed by atoms with Crippen molar-refractivity contribution in [1.29, 1.82) is 0 Å². The summed E-state index contributed by atoms with van der Waals surface area (Å²) in [6, 6.07) is 0.555. The first-order valence-corrected chi connectivity index (χ1v) is 8.31. The normalized spacial score (nSPS) is 13.9. The van der Waals surface area contributed by atoms with E-state index in [-0.39, 0.29) is 0 Å². The lowest BCUT2D eigenvalue weighted by atomic mass is 10.1. The van der Waals surface area contributed by atoms with Gasteiger partial charge in [0.25, 0.3) is 0 Å². The highest BCUT2D eigenvalue weighted by Crippen LogP contribution is 2.06. The van der Waals surface area contributed by atoms with Gasteiger partial charge in [0.2, 0.25) is 0 Å². The molecule has 0 heterocycles. The zero-order valence-corrected chi connectivity index (χ0v) is 11.8. The molecule has 0 aromatic heterocycles. The predicted octanol–water partition coefficient (Wildman–Crippen LogP) is 2.37. The highest BCUT2D eigenvalue weighted by Gasteiger charge is 2.09. The first-order valence-electron chi connectivity index (χ1n) is 6.49. The lowest BCUT2D eigenvalue weighted by Crippen LogP contribution is -2.28. The summed E-state index contributed by atoms with van der Waals surface area (Å²) in [5.74, 6) is 0.709. The van der Waals surface area contributed by atoms with Crippen LogP contribution >= 0.6 is 0 Å². The summed E-state index contributed by atoms with van der Waals surface area (Å²) in [7, 11) is -2.77. The summed E-state index contributed by atoms with van der Waals surface area (Å²) in [6.45, 7) is 7.18. The van der Waals surface area contributed by atoms with Gasteiger partial charge in [0.15, 0.2) is 0 Å². The molecule has 1 atom stereocenters. The molecule has 0 radical (unpaired) electrons. The van der Waals surface area contributed by atoms with Gasteiger partial charge >= 0.3 is 0 Å². The minimum atomic E-state index is -2.77. The van der Waals surface area contributed by atoms with E-state index in [1.165, 1.54) is 0 Å². The molecule has 0 fully saturated rings. The quantitative estimate of drug-likeness (QED) is 0.605. The molecule has 0 aliphatic rings. The van der Waals surface area contributed by atoms with Gasteiger partial charge in [0.05, 0.1) is 5.75 Å². The Kier molecular flexibility index (Phi) is 8.94. The fraction of sp³-hybridized carbons (Fsp3) is 1.00. The molecule has 0 rings (SSSR count). The Bertz CT molecular complexity index is 250. The first kappa shape index (κ1) is 15.9. The summed E-state index contributed by atoms with van der Waals surface area (Å²) >= 11 is 0. The molecule has 0 aromatic rings. The number of hydrogen-bond donors (Lipinski definition) is 1. The Balaban J connectivity index is 3.66. The van der Waals surface area contributed by atoms with Crippen molar-refractivity contribution in [2.24, 2.45) is 0 Å². The summed E-state index contributed by atoms with van der Waals surface area (Å²) < 4.78 is 22.9. The molecule has 3 nitrogen and oxygen atoms in total. The molecule has 1 unspecified atom stereocenters. The van der Waals surface area contributed by atoms with E-state index in [4.69, 9.17) is 0 Å². The van der Waals surface area contributed by atoms with Gasteiger partial charge in [-0.05, 0) is 32.2 Å². The fourth-order valence-corrected chi connectivity index (χ4v) is 3.34. The minimum absolute atomic E-state index is 0.345. The van der Waals surface area contributed by atoms with Gasteiger partial charge < -0.3 is 5.32 Å². The highest BCUT2D eigenvalue weighted by molar-refractivity contribution is 7.91. The number of sulfone groups is 1. The largest absolute Gasteiger partial charge is 0.314 e. The van der Waals surface area contributed by atoms with Crippen molar-refractivity contribution >= 4 is 9.84 Å². The topological polar surface area (TPSA) is 46.2 Å². The van der Waals surface area contributed by atoms with Crippen LogP contribution in [0.2, 0.25) is 0 Å². The van der Waals surface area contributed by atoms with E-state index in [1.54, 1.807) is 0 Å². The first-order chi connectivity index (χ1) is 7.55. The number of nitrogens with one attached hydrogen (secondary N) is 1. The molecule has 0 bridgehead atoms. The highest BCUT2D eigenvalue weighted by atomic mass is 32.2. The molecule has 1 N–H and O–H groups in total. The maximum Gasteiger partial charge on any atom is 0.150 e. The monoisotopic (exact) mass is 249 g/mol. The molecule has 0 aliphatic carbocycles. The van der Waals surface area contributed by atoms with E-state index in [9.17, 15) is 8.42 Å². The zero-order valence-electron chi connectivity index (χ0n) is 11.0. The third kappa shape index (κ3) is 8.11. The Morgan fingerprint density at radius 3 is 2.25 bits per heavy atom. The SMILES string of the molecule is CCCS(=O)(=O)CCCCC(CC)NCC. The van der Waals surface area contributed by atoms with Gasteiger partial charge in [-0.2, -0.15) is 0 Å². The standard InChI is InChI=1S/C12H27NO2S/c1-4-10-16(14,15)11-8-7-9-12(5-2)13-6-3/h12-13H,4-11H2,1-3H3. The lowest BCUT2D eigenvalue weighted by Gasteiger charge is -2.15. The van der Waals surface area contributed by atoms with Crippen LogP contribution in [-0.4, -0.2) is 32.5 Å². The summed E-state index contributed by atoms with van der Waals surface area (Å²) in [4.78, 5) is 0. The molecule has 0 aliphatic heterocycles. The van der Waals surface area contributed by atoms with Crippen molar-refractivity contribution in [3.8, 4) is 0 Å². The summed E-state index contributed by atoms with van der Waals surface area (Å²) in [5.41, 5.74) is 0. The van der Waals surface area contributed by atoms with Gasteiger partial charge in [-0.1, -0.05) is 27.2 Å². The smallest absolute Gasteiger partial charge is 0.150 e. The molecule has 16 heavy (non-hydrogen) atoms. The van der Waals surface area contributed by atoms with E-state index in [0.29, 0.717) is 17.5 Å². The van der Waals surface area contributed by atoms with Gasteiger partial charge in [-0.3, -0.25) is 0 Å². The van der Waals surface area contributed by atoms with Crippen molar-refractivity contribution in [3.63, 3.8) is 0 Å². The van der Waals surface area contributed by atoms with Crippen molar-refractivity contribution in [2.75, 3.05) is 18.1 Å². The average Bonchev–Trinajstić information content (AvgIpc) is 2.22. The number of unbranched alkanes of at least 4 members (excludes halogenated alkanes) is 1. The third-order valence-corrected chi connectivity index (χ3v) is 4.70. The van der Waals surface area contributed by atoms with E-state index in [2.05, 4.69) is 19.2 Å². The fourth-order valence-electron chi connectivity index (χ4n) is 1.86. The second-order valence-corrected chi connectivity index (χ2v) is 6.61. The van der Waals surface area contributed by atoms with Crippen LogP contribution in [0.4, 0.5) is 0 Å². The average molecular weight is 249 g/mol. The van der Waals surface area contributed by atoms with E-state index < -0.39 is 9.84 Å². The second kappa shape index (κ2) is 8.99. The predicted molar refractivity (Wildman–Crippen MR) is 70.6 cm³/mol.